The van der Waals surface area contributed by atoms with Gasteiger partial charge in [0.15, 0.2) is 0 Å². The molecule has 0 saturated carbocycles. The summed E-state index contributed by atoms with van der Waals surface area (Å²) < 4.78 is 0. The van der Waals surface area contributed by atoms with Crippen LogP contribution in [0.15, 0.2) is 35.8 Å². The summed E-state index contributed by atoms with van der Waals surface area (Å²) in [4.78, 5) is 17.2. The molecule has 1 atom stereocenters. The van der Waals surface area contributed by atoms with E-state index < -0.39 is 0 Å². The van der Waals surface area contributed by atoms with Gasteiger partial charge in [-0.3, -0.25) is 0 Å². The normalized spacial score (nSPS) is 11.7. The Hall–Kier alpha value is -2.08. The van der Waals surface area contributed by atoms with E-state index in [1.807, 2.05) is 49.7 Å². The maximum absolute atomic E-state index is 11.8. The molecule has 0 aliphatic carbocycles. The highest BCUT2D eigenvalue weighted by atomic mass is 32.1. The average Bonchev–Trinajstić information content (AvgIpc) is 3.03. The summed E-state index contributed by atoms with van der Waals surface area (Å²) in [7, 11) is 0. The third-order valence-electron chi connectivity index (χ3n) is 3.17. The summed E-state index contributed by atoms with van der Waals surface area (Å²) in [6.45, 7) is 5.39. The quantitative estimate of drug-likeness (QED) is 0.686. The second-order valence-corrected chi connectivity index (χ2v) is 6.12. The van der Waals surface area contributed by atoms with Crippen LogP contribution in [0.1, 0.15) is 29.8 Å². The number of hydrogen-bond acceptors (Lipinski definition) is 4. The van der Waals surface area contributed by atoms with Gasteiger partial charge < -0.3 is 16.0 Å². The molecule has 5 nitrogen and oxygen atoms in total. The number of hydrogen-bond donors (Lipinski definition) is 3. The van der Waals surface area contributed by atoms with Crippen LogP contribution in [0.2, 0.25) is 0 Å². The van der Waals surface area contributed by atoms with E-state index in [1.165, 1.54) is 0 Å². The number of pyridine rings is 1. The molecule has 0 bridgehead atoms. The lowest BCUT2D eigenvalue weighted by molar-refractivity contribution is 0.238. The third-order valence-corrected chi connectivity index (χ3v) is 4.23. The molecule has 118 valence electrons. The first kappa shape index (κ1) is 16.3. The van der Waals surface area contributed by atoms with Crippen molar-refractivity contribution in [3.05, 3.63) is 46.3 Å². The van der Waals surface area contributed by atoms with Crippen LogP contribution in [-0.4, -0.2) is 24.1 Å². The van der Waals surface area contributed by atoms with Crippen LogP contribution in [0.5, 0.6) is 0 Å². The van der Waals surface area contributed by atoms with Crippen LogP contribution in [0, 0.1) is 6.92 Å². The fraction of sp³-hybridized carbons (Fsp3) is 0.375. The van der Waals surface area contributed by atoms with Gasteiger partial charge in [0.25, 0.3) is 0 Å². The van der Waals surface area contributed by atoms with Crippen LogP contribution in [0.25, 0.3) is 0 Å². The first-order valence-electron chi connectivity index (χ1n) is 7.39. The molecular weight excluding hydrogens is 296 g/mol. The number of nitrogens with one attached hydrogen (secondary N) is 3. The molecule has 2 heterocycles. The zero-order chi connectivity index (χ0) is 15.8. The summed E-state index contributed by atoms with van der Waals surface area (Å²) in [6.07, 6.45) is 2.68. The largest absolute Gasteiger partial charge is 0.370 e. The Morgan fingerprint density at radius 3 is 2.86 bits per heavy atom. The molecule has 0 radical (unpaired) electrons. The maximum atomic E-state index is 11.8. The minimum absolute atomic E-state index is 0.0369. The van der Waals surface area contributed by atoms with E-state index in [0.29, 0.717) is 6.54 Å². The summed E-state index contributed by atoms with van der Waals surface area (Å²) in [5.74, 6) is 0.862. The SMILES string of the molecule is Cc1ccc(NCCCNC(=O)N[C@@H](C)c2cccs2)nc1. The standard InChI is InChI=1S/C16H22N4OS/c1-12-6-7-15(19-11-12)17-8-4-9-18-16(21)20-13(2)14-5-3-10-22-14/h3,5-7,10-11,13H,4,8-9H2,1-2H3,(H,17,19)(H2,18,20,21)/t13-/m0/s1. The van der Waals surface area contributed by atoms with Crippen molar-refractivity contribution < 1.29 is 4.79 Å². The highest BCUT2D eigenvalue weighted by Crippen LogP contribution is 2.17. The Kier molecular flexibility index (Phi) is 6.21. The van der Waals surface area contributed by atoms with E-state index in [9.17, 15) is 4.79 Å². The molecule has 22 heavy (non-hydrogen) atoms. The van der Waals surface area contributed by atoms with Crippen LogP contribution < -0.4 is 16.0 Å². The predicted octanol–water partition coefficient (Wildman–Crippen LogP) is 3.31. The van der Waals surface area contributed by atoms with Gasteiger partial charge in [-0.2, -0.15) is 0 Å². The summed E-state index contributed by atoms with van der Waals surface area (Å²) in [5.41, 5.74) is 1.14. The lowest BCUT2D eigenvalue weighted by Crippen LogP contribution is -2.37. The Bertz CT molecular complexity index is 568. The fourth-order valence-corrected chi connectivity index (χ4v) is 2.67. The summed E-state index contributed by atoms with van der Waals surface area (Å²) in [5, 5.41) is 11.0. The van der Waals surface area contributed by atoms with Crippen molar-refractivity contribution in [2.24, 2.45) is 0 Å². The molecule has 0 aromatic carbocycles. The van der Waals surface area contributed by atoms with Crippen molar-refractivity contribution in [3.8, 4) is 0 Å². The molecule has 0 spiro atoms. The maximum Gasteiger partial charge on any atom is 0.315 e. The molecule has 2 aromatic heterocycles. The number of carbonyl (C=O) groups is 1. The van der Waals surface area contributed by atoms with Crippen molar-refractivity contribution in [2.45, 2.75) is 26.3 Å². The van der Waals surface area contributed by atoms with Crippen LogP contribution in [-0.2, 0) is 0 Å². The van der Waals surface area contributed by atoms with Crippen molar-refractivity contribution in [1.29, 1.82) is 0 Å². The fourth-order valence-electron chi connectivity index (χ4n) is 1.94. The van der Waals surface area contributed by atoms with E-state index in [0.717, 1.165) is 29.2 Å². The number of thiophene rings is 1. The number of rotatable bonds is 7. The third kappa shape index (κ3) is 5.37. The highest BCUT2D eigenvalue weighted by molar-refractivity contribution is 7.10. The second-order valence-electron chi connectivity index (χ2n) is 5.14. The van der Waals surface area contributed by atoms with E-state index in [1.54, 1.807) is 11.3 Å². The van der Waals surface area contributed by atoms with Crippen molar-refractivity contribution in [2.75, 3.05) is 18.4 Å². The first-order chi connectivity index (χ1) is 10.6. The molecule has 0 unspecified atom stereocenters. The van der Waals surface area contributed by atoms with E-state index in [4.69, 9.17) is 0 Å². The minimum Gasteiger partial charge on any atom is -0.370 e. The molecule has 3 N–H and O–H groups in total. The Morgan fingerprint density at radius 2 is 2.18 bits per heavy atom. The van der Waals surface area contributed by atoms with E-state index in [2.05, 4.69) is 20.9 Å². The van der Waals surface area contributed by atoms with E-state index in [-0.39, 0.29) is 12.1 Å². The molecule has 0 aliphatic heterocycles. The van der Waals surface area contributed by atoms with Crippen LogP contribution in [0.3, 0.4) is 0 Å². The number of anilines is 1. The van der Waals surface area contributed by atoms with Gasteiger partial charge in [-0.1, -0.05) is 12.1 Å². The highest BCUT2D eigenvalue weighted by Gasteiger charge is 2.09. The molecule has 0 saturated heterocycles. The topological polar surface area (TPSA) is 66.0 Å². The van der Waals surface area contributed by atoms with Crippen molar-refractivity contribution in [1.82, 2.24) is 15.6 Å². The summed E-state index contributed by atoms with van der Waals surface area (Å²) in [6, 6.07) is 7.89. The smallest absolute Gasteiger partial charge is 0.315 e. The molecule has 2 amide bonds. The Labute approximate surface area is 135 Å². The second kappa shape index (κ2) is 8.38. The zero-order valence-electron chi connectivity index (χ0n) is 12.9. The van der Waals surface area contributed by atoms with Gasteiger partial charge in [-0.05, 0) is 43.3 Å². The molecule has 0 fully saturated rings. The number of urea groups is 1. The zero-order valence-corrected chi connectivity index (χ0v) is 13.7. The number of nitrogens with zero attached hydrogens (tertiary/aromatic N) is 1. The Morgan fingerprint density at radius 1 is 1.32 bits per heavy atom. The Balaban J connectivity index is 1.58. The number of aromatic nitrogens is 1. The van der Waals surface area contributed by atoms with E-state index >= 15 is 0 Å². The molecule has 2 rings (SSSR count). The van der Waals surface area contributed by atoms with Gasteiger partial charge in [-0.25, -0.2) is 9.78 Å². The monoisotopic (exact) mass is 318 g/mol. The average molecular weight is 318 g/mol. The predicted molar refractivity (Wildman–Crippen MR) is 91.3 cm³/mol. The van der Waals surface area contributed by atoms with Gasteiger partial charge >= 0.3 is 6.03 Å². The molecule has 6 heteroatoms. The molecule has 2 aromatic rings. The van der Waals surface area contributed by atoms with Gasteiger partial charge in [-0.15, -0.1) is 11.3 Å². The van der Waals surface area contributed by atoms with Crippen LogP contribution >= 0.6 is 11.3 Å². The minimum atomic E-state index is -0.130. The van der Waals surface area contributed by atoms with Gasteiger partial charge in [0.1, 0.15) is 5.82 Å². The number of aryl methyl sites for hydroxylation is 1. The van der Waals surface area contributed by atoms with Gasteiger partial charge in [0.2, 0.25) is 0 Å². The lowest BCUT2D eigenvalue weighted by atomic mass is 10.3. The summed E-state index contributed by atoms with van der Waals surface area (Å²) >= 11 is 1.64. The number of carbonyl (C=O) groups excluding carboxylic acids is 1. The van der Waals surface area contributed by atoms with Gasteiger partial charge in [0, 0.05) is 24.2 Å². The molecule has 0 aliphatic rings. The van der Waals surface area contributed by atoms with Crippen molar-refractivity contribution in [3.63, 3.8) is 0 Å². The molecular formula is C16H22N4OS. The van der Waals surface area contributed by atoms with Crippen molar-refractivity contribution >= 4 is 23.2 Å². The first-order valence-corrected chi connectivity index (χ1v) is 8.27. The lowest BCUT2D eigenvalue weighted by Gasteiger charge is -2.13. The van der Waals surface area contributed by atoms with Gasteiger partial charge in [0.05, 0.1) is 6.04 Å². The van der Waals surface area contributed by atoms with Crippen LogP contribution in [0.4, 0.5) is 10.6 Å². The number of amides is 2.